The van der Waals surface area contributed by atoms with Crippen molar-refractivity contribution in [1.82, 2.24) is 0 Å². The summed E-state index contributed by atoms with van der Waals surface area (Å²) in [7, 11) is 0. The number of allylic oxidation sites excluding steroid dienone is 4. The summed E-state index contributed by atoms with van der Waals surface area (Å²) < 4.78 is 86.6. The monoisotopic (exact) mass is 1660 g/mol. The first-order valence-corrected chi connectivity index (χ1v) is 39.9. The lowest BCUT2D eigenvalue weighted by molar-refractivity contribution is -0.123. The van der Waals surface area contributed by atoms with E-state index in [-0.39, 0.29) is 61.1 Å². The molecular weight excluding hydrogens is 1560 g/mol. The molecule has 7 aromatic rings. The molecule has 0 saturated carbocycles. The minimum atomic E-state index is -2.42. The first-order valence-electron chi connectivity index (χ1n) is 38.4. The van der Waals surface area contributed by atoms with Gasteiger partial charge >= 0.3 is 0 Å². The average Bonchev–Trinajstić information content (AvgIpc) is 0.783. The number of halogens is 9. The summed E-state index contributed by atoms with van der Waals surface area (Å²) in [4.78, 5) is 61.8. The van der Waals surface area contributed by atoms with Crippen LogP contribution in [-0.2, 0) is 51.3 Å². The zero-order valence-corrected chi connectivity index (χ0v) is 68.7. The van der Waals surface area contributed by atoms with E-state index in [2.05, 4.69) is 74.1 Å². The maximum Gasteiger partial charge on any atom is 0.265 e. The lowest BCUT2D eigenvalue weighted by Gasteiger charge is -2.22. The van der Waals surface area contributed by atoms with E-state index in [9.17, 15) is 61.2 Å². The van der Waals surface area contributed by atoms with Crippen molar-refractivity contribution < 1.29 is 75.5 Å². The highest BCUT2D eigenvalue weighted by Gasteiger charge is 2.32. The number of anilines is 5. The zero-order valence-electron chi connectivity index (χ0n) is 65.7. The molecule has 27 heteroatoms. The molecule has 114 heavy (non-hydrogen) atoms. The number of phenolic OH excluding ortho intramolecular Hbond substituents is 3. The molecule has 8 rings (SSSR count). The Balaban J connectivity index is 0.000000297. The minimum absolute atomic E-state index is 0.0895. The fraction of sp³-hybridized carbons (Fsp3) is 0.391. The second kappa shape index (κ2) is 49.0. The molecule has 0 saturated heterocycles. The number of phenols is 3. The number of nitrogens with one attached hydrogen (secondary N) is 6. The smallest absolute Gasteiger partial charge is 0.265 e. The molecule has 0 heterocycles. The number of amides is 5. The highest BCUT2D eigenvalue weighted by molar-refractivity contribution is 6.38. The lowest BCUT2D eigenvalue weighted by Crippen LogP contribution is -2.33. The van der Waals surface area contributed by atoms with Gasteiger partial charge in [-0.15, -0.1) is 0 Å². The molecule has 1 aliphatic carbocycles. The van der Waals surface area contributed by atoms with Gasteiger partial charge in [0.05, 0.1) is 49.6 Å². The first-order chi connectivity index (χ1) is 54.5. The average molecular weight is 1660 g/mol. The molecule has 0 aromatic heterocycles. The highest BCUT2D eigenvalue weighted by atomic mass is 35.5. The molecule has 3 atom stereocenters. The van der Waals surface area contributed by atoms with Crippen LogP contribution in [0.1, 0.15) is 208 Å². The molecule has 0 spiro atoms. The number of aromatic hydroxyl groups is 3. The summed E-state index contributed by atoms with van der Waals surface area (Å²) in [6.45, 7) is 17.9. The van der Waals surface area contributed by atoms with Crippen LogP contribution in [0.25, 0.3) is 0 Å². The Morgan fingerprint density at radius 3 is 1.54 bits per heavy atom. The third-order valence-corrected chi connectivity index (χ3v) is 19.5. The fourth-order valence-electron chi connectivity index (χ4n) is 11.6. The summed E-state index contributed by atoms with van der Waals surface area (Å²) in [6, 6.07) is 27.9. The molecule has 3 unspecified atom stereocenters. The number of nitriles is 1. The number of carbonyl (C=O) groups is 5. The lowest BCUT2D eigenvalue weighted by atomic mass is 10.00. The quantitative estimate of drug-likeness (QED) is 0.00439. The Hall–Kier alpha value is -9.86. The normalized spacial score (nSPS) is 12.1. The number of benzene rings is 7. The van der Waals surface area contributed by atoms with E-state index in [4.69, 9.17) is 71.3 Å². The number of carbonyl (C=O) groups excluding carboxylic acids is 5. The molecule has 0 bridgehead atoms. The van der Waals surface area contributed by atoms with Gasteiger partial charge in [0, 0.05) is 34.9 Å². The fourth-order valence-corrected chi connectivity index (χ4v) is 12.8. The molecular formula is C87H102Cl4F5N7O11. The first kappa shape index (κ1) is 94.7. The predicted octanol–water partition coefficient (Wildman–Crippen LogP) is 23.3. The van der Waals surface area contributed by atoms with Crippen molar-refractivity contribution in [2.45, 2.75) is 222 Å². The molecule has 0 fully saturated rings. The highest BCUT2D eigenvalue weighted by Crippen LogP contribution is 2.41. The van der Waals surface area contributed by atoms with E-state index < -0.39 is 76.2 Å². The molecule has 5 amide bonds. The maximum absolute atomic E-state index is 14.0. The summed E-state index contributed by atoms with van der Waals surface area (Å²) in [5.74, 6) is -13.9. The van der Waals surface area contributed by atoms with E-state index in [0.717, 1.165) is 131 Å². The molecule has 614 valence electrons. The molecule has 0 aliphatic heterocycles. The summed E-state index contributed by atoms with van der Waals surface area (Å²) in [5.41, 5.74) is 5.80. The van der Waals surface area contributed by atoms with Crippen LogP contribution in [0.5, 0.6) is 34.5 Å². The number of aryl methyl sites for hydroxylation is 5. The van der Waals surface area contributed by atoms with Gasteiger partial charge in [-0.1, -0.05) is 195 Å². The van der Waals surface area contributed by atoms with Gasteiger partial charge in [0.25, 0.3) is 23.6 Å². The predicted molar refractivity (Wildman–Crippen MR) is 444 cm³/mol. The Bertz CT molecular complexity index is 4530. The Morgan fingerprint density at radius 2 is 1.04 bits per heavy atom. The molecule has 1 aliphatic rings. The van der Waals surface area contributed by atoms with Crippen molar-refractivity contribution in [2.75, 3.05) is 26.6 Å². The topological polar surface area (TPSA) is 282 Å². The molecule has 9 N–H and O–H groups in total. The number of unbranched alkanes of at least 4 members (excludes halogenated alkanes) is 9. The largest absolute Gasteiger partial charge is 0.506 e. The number of hydrogen-bond donors (Lipinski definition) is 9. The maximum atomic E-state index is 14.0. The van der Waals surface area contributed by atoms with E-state index in [1.165, 1.54) is 55.5 Å². The van der Waals surface area contributed by atoms with Gasteiger partial charge in [-0.3, -0.25) is 24.0 Å². The second-order valence-electron chi connectivity index (χ2n) is 27.1. The van der Waals surface area contributed by atoms with Crippen LogP contribution in [0.15, 0.2) is 115 Å². The van der Waals surface area contributed by atoms with Gasteiger partial charge in [0.15, 0.2) is 47.3 Å². The van der Waals surface area contributed by atoms with Gasteiger partial charge in [0.1, 0.15) is 34.3 Å². The van der Waals surface area contributed by atoms with E-state index in [0.29, 0.717) is 65.5 Å². The second-order valence-corrected chi connectivity index (χ2v) is 28.7. The minimum Gasteiger partial charge on any atom is -0.506 e. The van der Waals surface area contributed by atoms with Crippen molar-refractivity contribution in [3.8, 4) is 40.6 Å². The Labute approximate surface area is 684 Å². The molecule has 7 aromatic carbocycles. The molecule has 18 nitrogen and oxygen atoms in total. The van der Waals surface area contributed by atoms with Crippen molar-refractivity contribution in [2.24, 2.45) is 0 Å². The summed E-state index contributed by atoms with van der Waals surface area (Å²) in [6.07, 6.45) is 24.1. The summed E-state index contributed by atoms with van der Waals surface area (Å²) in [5, 5.41) is 58.9. The summed E-state index contributed by atoms with van der Waals surface area (Å²) >= 11 is 24.8. The van der Waals surface area contributed by atoms with Crippen LogP contribution < -0.4 is 40.8 Å². The Morgan fingerprint density at radius 1 is 0.553 bits per heavy atom. The van der Waals surface area contributed by atoms with Gasteiger partial charge in [-0.05, 0) is 179 Å². The zero-order chi connectivity index (χ0) is 84.1. The van der Waals surface area contributed by atoms with Crippen LogP contribution >= 0.6 is 46.4 Å². The molecule has 0 radical (unpaired) electrons. The van der Waals surface area contributed by atoms with Gasteiger partial charge in [-0.2, -0.15) is 5.26 Å². The number of ether oxygens (including phenoxy) is 3. The van der Waals surface area contributed by atoms with Crippen LogP contribution in [0, 0.1) is 52.8 Å². The van der Waals surface area contributed by atoms with E-state index in [1.807, 2.05) is 68.6 Å². The van der Waals surface area contributed by atoms with Gasteiger partial charge < -0.3 is 61.5 Å². The van der Waals surface area contributed by atoms with Crippen LogP contribution in [0.3, 0.4) is 0 Å². The van der Waals surface area contributed by atoms with Crippen LogP contribution in [-0.4, -0.2) is 69.4 Å². The number of nitrogens with zero attached hydrogens (tertiary/aromatic N) is 1. The van der Waals surface area contributed by atoms with Gasteiger partial charge in [0.2, 0.25) is 12.2 Å². The van der Waals surface area contributed by atoms with Crippen molar-refractivity contribution >= 4 is 111 Å². The third kappa shape index (κ3) is 29.2. The van der Waals surface area contributed by atoms with E-state index in [1.54, 1.807) is 24.3 Å². The Kier molecular flexibility index (Phi) is 40.7. The van der Waals surface area contributed by atoms with Crippen LogP contribution in [0.2, 0.25) is 20.1 Å². The van der Waals surface area contributed by atoms with Crippen molar-refractivity contribution in [3.63, 3.8) is 0 Å². The van der Waals surface area contributed by atoms with Crippen LogP contribution in [0.4, 0.5) is 50.4 Å². The van der Waals surface area contributed by atoms with Crippen molar-refractivity contribution in [3.05, 3.63) is 203 Å². The van der Waals surface area contributed by atoms with Gasteiger partial charge in [-0.25, -0.2) is 22.0 Å². The van der Waals surface area contributed by atoms with E-state index >= 15 is 0 Å². The number of hydrogen-bond acceptors (Lipinski definition) is 13. The standard InChI is InChI=1S/C32H34ClF5N2O4.C29H41ClN2O4.C19H21Cl2NO3.C7H6N2/c1-4-6-8-10-18-12-13-24(19(14-18)11-9-7-5-2)44-17(3)31(42)39-21-16-23(41)22(15-20(21)33)40-32(43)25-26(34)28(36)30(38)29(37)27(25)35;1-4-7-10-12-21-15-16-27(22(17-21)13-11-8-5-2)36-28(14-9-6-3)29(35)32-24-19-26(34)25(31-20-33)18-23(24)30;1-4-13-14(20)10-15(18(23)17(13)21)22-19(24)16(5-2)25-12-8-6-7-11(3)9-12;8-5-6-1-3-7(9)4-2-6/h12-17,41H,4-11H2,1-3H3,(H,39,42)(H,40,43);15-20,28,34H,4-14H2,1-3H3,(H,31,33)(H,32,35);6-10,16,23H,4-5H2,1-3H3,(H,22,24);1-3,9H,4H2. The SMILES string of the molecule is CCCCCc1ccc(OC(C)C(=O)Nc2cc(O)c(NC(=O)c3c(F)c(F)c(F)c(F)c3F)cc2Cl)c(CCCCC)c1.CCCCCc1ccc(OC(CCCC)C(=O)Nc2cc(O)c(NC=O)cc2Cl)c(CCCCC)c1.CCc1c(Cl)cc(NC(=O)C(CC)Oc2cccc(C)c2)c(O)c1Cl.N#CC1=CCC(=N)C=C1. The third-order valence-electron chi connectivity index (χ3n) is 18.1. The number of rotatable bonds is 37. The van der Waals surface area contributed by atoms with Crippen molar-refractivity contribution in [1.29, 1.82) is 10.7 Å².